The summed E-state index contributed by atoms with van der Waals surface area (Å²) in [6.07, 6.45) is 6.27. The molecule has 0 saturated carbocycles. The number of carboxylic acids is 2. The number of nitrogens with zero attached hydrogens (tertiary/aromatic N) is 3. The Morgan fingerprint density at radius 2 is 1.75 bits per heavy atom. The summed E-state index contributed by atoms with van der Waals surface area (Å²) in [5, 5.41) is 19.0. The number of carbonyl (C=O) groups is 2. The second-order valence-corrected chi connectivity index (χ2v) is 7.49. The molecule has 1 fully saturated rings. The van der Waals surface area contributed by atoms with Gasteiger partial charge in [-0.2, -0.15) is 0 Å². The Morgan fingerprint density at radius 3 is 2.38 bits per heavy atom. The maximum Gasteiger partial charge on any atom is 0.328 e. The van der Waals surface area contributed by atoms with Crippen molar-refractivity contribution in [3.8, 4) is 0 Å². The number of hydrogen-bond donors (Lipinski definition) is 3. The third-order valence-corrected chi connectivity index (χ3v) is 5.14. The van der Waals surface area contributed by atoms with Gasteiger partial charge in [0.15, 0.2) is 5.65 Å². The van der Waals surface area contributed by atoms with Crippen molar-refractivity contribution < 1.29 is 24.2 Å². The molecule has 0 radical (unpaired) electrons. The van der Waals surface area contributed by atoms with Crippen LogP contribution in [0.25, 0.3) is 11.2 Å². The molecule has 3 heterocycles. The monoisotopic (exact) mass is 440 g/mol. The molecule has 3 aromatic rings. The Hall–Kier alpha value is -3.59. The highest BCUT2D eigenvalue weighted by molar-refractivity contribution is 5.89. The first-order valence-corrected chi connectivity index (χ1v) is 10.3. The van der Waals surface area contributed by atoms with Gasteiger partial charge in [0.2, 0.25) is 0 Å². The molecule has 0 spiro atoms. The van der Waals surface area contributed by atoms with Crippen LogP contribution < -0.4 is 5.32 Å². The van der Waals surface area contributed by atoms with Gasteiger partial charge in [-0.25, -0.2) is 23.9 Å². The van der Waals surface area contributed by atoms with E-state index < -0.39 is 11.9 Å². The van der Waals surface area contributed by atoms with Crippen molar-refractivity contribution in [3.63, 3.8) is 0 Å². The number of aliphatic carboxylic acids is 2. The summed E-state index contributed by atoms with van der Waals surface area (Å²) in [6.45, 7) is 2.84. The van der Waals surface area contributed by atoms with Crippen molar-refractivity contribution in [2.24, 2.45) is 5.92 Å². The van der Waals surface area contributed by atoms with E-state index in [0.717, 1.165) is 42.1 Å². The maximum absolute atomic E-state index is 13.2. The molecule has 0 atom stereocenters. The molecule has 9 heteroatoms. The molecular formula is C23H25FN4O4. The molecule has 3 N–H and O–H groups in total. The summed E-state index contributed by atoms with van der Waals surface area (Å²) in [5.41, 5.74) is 2.90. The third kappa shape index (κ3) is 6.71. The van der Waals surface area contributed by atoms with E-state index in [9.17, 15) is 14.0 Å². The minimum absolute atomic E-state index is 0.206. The number of piperidine rings is 1. The topological polar surface area (TPSA) is 117 Å². The first-order valence-electron chi connectivity index (χ1n) is 10.3. The van der Waals surface area contributed by atoms with E-state index in [2.05, 4.69) is 14.9 Å². The highest BCUT2D eigenvalue weighted by Crippen LogP contribution is 2.22. The van der Waals surface area contributed by atoms with Crippen molar-refractivity contribution in [2.45, 2.75) is 25.8 Å². The van der Waals surface area contributed by atoms with E-state index in [0.29, 0.717) is 24.6 Å². The standard InChI is InChI=1S/C19H21FN4.C4H4O4/c20-16-5-3-15(4-6-16)13-24-18(12-14-7-10-21-11-8-14)23-17-2-1-9-22-19(17)24;5-3(6)1-2-4(7)8/h1-6,9,14,21H,7-8,10-13H2;1-2H,(H,5,6)(H,7,8)/b;2-1+. The number of carboxylic acid groups (broad SMARTS) is 2. The predicted molar refractivity (Wildman–Crippen MR) is 117 cm³/mol. The largest absolute Gasteiger partial charge is 0.478 e. The van der Waals surface area contributed by atoms with Crippen LogP contribution in [0.5, 0.6) is 0 Å². The minimum Gasteiger partial charge on any atom is -0.478 e. The van der Waals surface area contributed by atoms with Crippen LogP contribution in [0.4, 0.5) is 4.39 Å². The molecule has 1 saturated heterocycles. The van der Waals surface area contributed by atoms with E-state index in [1.165, 1.54) is 25.0 Å². The Kier molecular flexibility index (Phi) is 8.04. The van der Waals surface area contributed by atoms with E-state index in [-0.39, 0.29) is 5.82 Å². The lowest BCUT2D eigenvalue weighted by Gasteiger charge is -2.22. The zero-order chi connectivity index (χ0) is 22.9. The predicted octanol–water partition coefficient (Wildman–Crippen LogP) is 2.87. The van der Waals surface area contributed by atoms with Crippen molar-refractivity contribution >= 4 is 23.1 Å². The molecule has 168 valence electrons. The van der Waals surface area contributed by atoms with Gasteiger partial charge in [-0.3, -0.25) is 0 Å². The van der Waals surface area contributed by atoms with Gasteiger partial charge in [-0.1, -0.05) is 12.1 Å². The van der Waals surface area contributed by atoms with Crippen molar-refractivity contribution in [2.75, 3.05) is 13.1 Å². The molecule has 1 aliphatic rings. The van der Waals surface area contributed by atoms with Crippen LogP contribution in [-0.2, 0) is 22.6 Å². The Morgan fingerprint density at radius 1 is 1.09 bits per heavy atom. The Balaban J connectivity index is 0.000000312. The van der Waals surface area contributed by atoms with Crippen molar-refractivity contribution in [1.29, 1.82) is 0 Å². The molecule has 4 rings (SSSR count). The molecule has 1 aromatic carbocycles. The molecule has 8 nitrogen and oxygen atoms in total. The second-order valence-electron chi connectivity index (χ2n) is 7.49. The van der Waals surface area contributed by atoms with Gasteiger partial charge >= 0.3 is 11.9 Å². The number of pyridine rings is 1. The van der Waals surface area contributed by atoms with E-state index in [4.69, 9.17) is 15.2 Å². The number of nitrogens with one attached hydrogen (secondary N) is 1. The van der Waals surface area contributed by atoms with Gasteiger partial charge in [0.05, 0.1) is 6.54 Å². The summed E-state index contributed by atoms with van der Waals surface area (Å²) in [5.74, 6) is -0.975. The van der Waals surface area contributed by atoms with Gasteiger partial charge < -0.3 is 20.1 Å². The number of hydrogen-bond acceptors (Lipinski definition) is 5. The third-order valence-electron chi connectivity index (χ3n) is 5.14. The summed E-state index contributed by atoms with van der Waals surface area (Å²) in [6, 6.07) is 10.6. The molecule has 0 amide bonds. The highest BCUT2D eigenvalue weighted by atomic mass is 19.1. The summed E-state index contributed by atoms with van der Waals surface area (Å²) in [4.78, 5) is 28.5. The molecule has 0 unspecified atom stereocenters. The smallest absolute Gasteiger partial charge is 0.328 e. The lowest BCUT2D eigenvalue weighted by Crippen LogP contribution is -2.29. The lowest BCUT2D eigenvalue weighted by atomic mass is 9.94. The van der Waals surface area contributed by atoms with Crippen LogP contribution in [0.1, 0.15) is 24.2 Å². The highest BCUT2D eigenvalue weighted by Gasteiger charge is 2.19. The number of imidazole rings is 1. The fourth-order valence-electron chi connectivity index (χ4n) is 3.59. The SMILES string of the molecule is Fc1ccc(Cn2c(CC3CCNCC3)nc3cccnc32)cc1.O=C(O)/C=C/C(=O)O. The van der Waals surface area contributed by atoms with Crippen LogP contribution in [0.2, 0.25) is 0 Å². The number of rotatable bonds is 6. The van der Waals surface area contributed by atoms with E-state index in [1.54, 1.807) is 6.20 Å². The molecule has 0 aliphatic carbocycles. The van der Waals surface area contributed by atoms with Crippen LogP contribution in [0.3, 0.4) is 0 Å². The molecule has 1 aliphatic heterocycles. The number of benzene rings is 1. The van der Waals surface area contributed by atoms with Crippen LogP contribution in [0, 0.1) is 11.7 Å². The summed E-state index contributed by atoms with van der Waals surface area (Å²) < 4.78 is 15.4. The summed E-state index contributed by atoms with van der Waals surface area (Å²) >= 11 is 0. The first-order chi connectivity index (χ1) is 15.4. The zero-order valence-corrected chi connectivity index (χ0v) is 17.4. The lowest BCUT2D eigenvalue weighted by molar-refractivity contribution is -0.134. The fourth-order valence-corrected chi connectivity index (χ4v) is 3.59. The fraction of sp³-hybridized carbons (Fsp3) is 0.304. The van der Waals surface area contributed by atoms with Crippen molar-refractivity contribution in [1.82, 2.24) is 19.9 Å². The van der Waals surface area contributed by atoms with E-state index >= 15 is 0 Å². The number of fused-ring (bicyclic) bond motifs is 1. The molecule has 32 heavy (non-hydrogen) atoms. The van der Waals surface area contributed by atoms with Gasteiger partial charge in [-0.15, -0.1) is 0 Å². The van der Waals surface area contributed by atoms with Gasteiger partial charge in [0, 0.05) is 24.8 Å². The average molecular weight is 440 g/mol. The van der Waals surface area contributed by atoms with Crippen molar-refractivity contribution in [3.05, 3.63) is 72.0 Å². The normalized spacial score (nSPS) is 14.3. The second kappa shape index (κ2) is 11.1. The van der Waals surface area contributed by atoms with Crippen LogP contribution >= 0.6 is 0 Å². The number of aromatic nitrogens is 3. The maximum atomic E-state index is 13.2. The van der Waals surface area contributed by atoms with Gasteiger partial charge in [0.1, 0.15) is 17.2 Å². The number of halogens is 1. The van der Waals surface area contributed by atoms with Gasteiger partial charge in [0.25, 0.3) is 0 Å². The van der Waals surface area contributed by atoms with E-state index in [1.807, 2.05) is 24.3 Å². The summed E-state index contributed by atoms with van der Waals surface area (Å²) in [7, 11) is 0. The Labute approximate surface area is 184 Å². The first kappa shape index (κ1) is 23.1. The quantitative estimate of drug-likeness (QED) is 0.505. The molecule has 0 bridgehead atoms. The Bertz CT molecular complexity index is 1070. The average Bonchev–Trinajstić information content (AvgIpc) is 3.12. The minimum atomic E-state index is -1.26. The van der Waals surface area contributed by atoms with Gasteiger partial charge in [-0.05, 0) is 61.7 Å². The molecular weight excluding hydrogens is 415 g/mol. The zero-order valence-electron chi connectivity index (χ0n) is 17.4. The molecule has 2 aromatic heterocycles. The van der Waals surface area contributed by atoms with Crippen LogP contribution in [0.15, 0.2) is 54.7 Å². The van der Waals surface area contributed by atoms with Crippen LogP contribution in [-0.4, -0.2) is 49.8 Å².